The molecule has 33 heavy (non-hydrogen) atoms. The average Bonchev–Trinajstić information content (AvgIpc) is 3.39. The number of imidazole rings is 1. The smallest absolute Gasteiger partial charge is 0.227 e. The van der Waals surface area contributed by atoms with Crippen molar-refractivity contribution in [2.75, 3.05) is 11.4 Å². The van der Waals surface area contributed by atoms with Crippen LogP contribution in [0.5, 0.6) is 5.75 Å². The Morgan fingerprint density at radius 2 is 1.97 bits per heavy atom. The fourth-order valence-corrected chi connectivity index (χ4v) is 4.78. The summed E-state index contributed by atoms with van der Waals surface area (Å²) in [4.78, 5) is 26.4. The van der Waals surface area contributed by atoms with Crippen LogP contribution in [-0.4, -0.2) is 32.5 Å². The predicted molar refractivity (Wildman–Crippen MR) is 126 cm³/mol. The molecule has 2 aromatic carbocycles. The number of anilines is 1. The van der Waals surface area contributed by atoms with E-state index in [0.717, 1.165) is 27.9 Å². The number of benzene rings is 2. The van der Waals surface area contributed by atoms with Gasteiger partial charge in [0.25, 0.3) is 0 Å². The van der Waals surface area contributed by atoms with Gasteiger partial charge in [-0.3, -0.25) is 9.78 Å². The van der Waals surface area contributed by atoms with E-state index in [0.29, 0.717) is 18.7 Å². The summed E-state index contributed by atoms with van der Waals surface area (Å²) < 4.78 is 0. The Kier molecular flexibility index (Phi) is 5.18. The molecule has 2 atom stereocenters. The fourth-order valence-electron chi connectivity index (χ4n) is 4.78. The lowest BCUT2D eigenvalue weighted by Crippen LogP contribution is -2.41. The number of hydrogen-bond donors (Lipinski definition) is 3. The summed E-state index contributed by atoms with van der Waals surface area (Å²) in [5.41, 5.74) is 11.2. The van der Waals surface area contributed by atoms with Gasteiger partial charge in [0.05, 0.1) is 18.2 Å². The summed E-state index contributed by atoms with van der Waals surface area (Å²) in [7, 11) is 0. The lowest BCUT2D eigenvalue weighted by molar-refractivity contribution is -0.119. The highest BCUT2D eigenvalue weighted by atomic mass is 16.3. The summed E-state index contributed by atoms with van der Waals surface area (Å²) in [6.45, 7) is 2.57. The molecule has 1 aliphatic heterocycles. The van der Waals surface area contributed by atoms with Crippen LogP contribution in [-0.2, 0) is 10.3 Å². The highest BCUT2D eigenvalue weighted by Gasteiger charge is 2.37. The van der Waals surface area contributed by atoms with Gasteiger partial charge in [0.15, 0.2) is 0 Å². The first-order chi connectivity index (χ1) is 16.0. The molecule has 166 valence electrons. The second-order valence-electron chi connectivity index (χ2n) is 8.28. The van der Waals surface area contributed by atoms with Crippen LogP contribution in [0, 0.1) is 0 Å². The number of aromatic hydroxyl groups is 1. The zero-order valence-corrected chi connectivity index (χ0v) is 18.3. The van der Waals surface area contributed by atoms with Crippen molar-refractivity contribution in [1.29, 1.82) is 0 Å². The van der Waals surface area contributed by atoms with E-state index in [2.05, 4.69) is 21.0 Å². The quantitative estimate of drug-likeness (QED) is 0.440. The minimum absolute atomic E-state index is 0.0900. The van der Waals surface area contributed by atoms with Crippen molar-refractivity contribution >= 4 is 11.6 Å². The van der Waals surface area contributed by atoms with Crippen LogP contribution in [0.15, 0.2) is 79.5 Å². The molecular formula is C26H25N5O2. The molecule has 7 heteroatoms. The molecule has 5 rings (SSSR count). The second kappa shape index (κ2) is 8.18. The van der Waals surface area contributed by atoms with E-state index in [4.69, 9.17) is 5.73 Å². The first kappa shape index (κ1) is 20.9. The van der Waals surface area contributed by atoms with Gasteiger partial charge >= 0.3 is 0 Å². The van der Waals surface area contributed by atoms with Gasteiger partial charge < -0.3 is 20.7 Å². The largest absolute Gasteiger partial charge is 0.508 e. The maximum atomic E-state index is 12.9. The van der Waals surface area contributed by atoms with Crippen molar-refractivity contribution in [2.24, 2.45) is 5.73 Å². The van der Waals surface area contributed by atoms with Crippen molar-refractivity contribution < 1.29 is 9.90 Å². The molecule has 1 amide bonds. The van der Waals surface area contributed by atoms with Crippen LogP contribution in [0.4, 0.5) is 5.69 Å². The van der Waals surface area contributed by atoms with E-state index in [1.165, 1.54) is 0 Å². The number of hydrogen-bond acceptors (Lipinski definition) is 5. The summed E-state index contributed by atoms with van der Waals surface area (Å²) in [6, 6.07) is 16.8. The summed E-state index contributed by atoms with van der Waals surface area (Å²) in [5, 5.41) is 10.2. The third kappa shape index (κ3) is 3.47. The Bertz CT molecular complexity index is 1290. The molecule has 2 unspecified atom stereocenters. The number of nitrogens with one attached hydrogen (secondary N) is 1. The predicted octanol–water partition coefficient (Wildman–Crippen LogP) is 3.65. The Morgan fingerprint density at radius 3 is 2.67 bits per heavy atom. The standard InChI is InChI=1S/C26H25N5O2/c1-2-31-23-9-8-19(12-22(23)21(13-25(31)33)17-5-4-10-28-14-17)26(27,24-15-29-16-30-24)18-6-3-7-20(32)11-18/h3-12,14-16,21,32H,2,13,27H2,1H3,(H,29,30). The molecule has 7 nitrogen and oxygen atoms in total. The summed E-state index contributed by atoms with van der Waals surface area (Å²) in [5.74, 6) is 0.0992. The number of nitrogens with two attached hydrogens (primary N) is 1. The minimum Gasteiger partial charge on any atom is -0.508 e. The highest BCUT2D eigenvalue weighted by molar-refractivity contribution is 5.97. The number of phenols is 1. The summed E-state index contributed by atoms with van der Waals surface area (Å²) in [6.07, 6.45) is 7.20. The van der Waals surface area contributed by atoms with Crippen molar-refractivity contribution in [3.63, 3.8) is 0 Å². The number of aromatic amines is 1. The number of pyridine rings is 1. The monoisotopic (exact) mass is 439 g/mol. The van der Waals surface area contributed by atoms with Gasteiger partial charge in [0.1, 0.15) is 11.3 Å². The maximum absolute atomic E-state index is 12.9. The van der Waals surface area contributed by atoms with Crippen LogP contribution in [0.1, 0.15) is 47.2 Å². The number of amides is 1. The number of carbonyl (C=O) groups excluding carboxylic acids is 1. The second-order valence-corrected chi connectivity index (χ2v) is 8.28. The third-order valence-electron chi connectivity index (χ3n) is 6.46. The van der Waals surface area contributed by atoms with Crippen LogP contribution in [0.2, 0.25) is 0 Å². The van der Waals surface area contributed by atoms with E-state index in [1.807, 2.05) is 48.4 Å². The van der Waals surface area contributed by atoms with Crippen molar-refractivity contribution in [2.45, 2.75) is 24.8 Å². The minimum atomic E-state index is -1.08. The number of phenolic OH excluding ortho intramolecular Hbond substituents is 1. The van der Waals surface area contributed by atoms with Gasteiger partial charge in [-0.05, 0) is 53.4 Å². The molecular weight excluding hydrogens is 414 g/mol. The summed E-state index contributed by atoms with van der Waals surface area (Å²) >= 11 is 0. The van der Waals surface area contributed by atoms with Gasteiger partial charge in [0, 0.05) is 37.0 Å². The van der Waals surface area contributed by atoms with Gasteiger partial charge in [-0.25, -0.2) is 4.98 Å². The van der Waals surface area contributed by atoms with E-state index in [-0.39, 0.29) is 17.6 Å². The average molecular weight is 440 g/mol. The lowest BCUT2D eigenvalue weighted by Gasteiger charge is -2.36. The normalized spacial score (nSPS) is 17.5. The molecule has 2 aromatic heterocycles. The molecule has 0 spiro atoms. The number of H-pyrrole nitrogens is 1. The Hall–Kier alpha value is -3.97. The van der Waals surface area contributed by atoms with E-state index in [9.17, 15) is 9.90 Å². The Balaban J connectivity index is 1.73. The molecule has 4 aromatic rings. The van der Waals surface area contributed by atoms with Gasteiger partial charge in [-0.1, -0.05) is 30.3 Å². The van der Waals surface area contributed by atoms with Gasteiger partial charge in [-0.15, -0.1) is 0 Å². The third-order valence-corrected chi connectivity index (χ3v) is 6.46. The number of fused-ring (bicyclic) bond motifs is 1. The van der Waals surface area contributed by atoms with E-state index < -0.39 is 5.54 Å². The molecule has 0 saturated carbocycles. The Morgan fingerprint density at radius 1 is 1.12 bits per heavy atom. The number of aromatic nitrogens is 3. The Labute approximate surface area is 191 Å². The van der Waals surface area contributed by atoms with Crippen molar-refractivity contribution in [3.8, 4) is 5.75 Å². The van der Waals surface area contributed by atoms with Crippen molar-refractivity contribution in [1.82, 2.24) is 15.0 Å². The molecule has 0 bridgehead atoms. The topological polar surface area (TPSA) is 108 Å². The molecule has 0 radical (unpaired) electrons. The first-order valence-electron chi connectivity index (χ1n) is 10.9. The molecule has 0 fully saturated rings. The highest BCUT2D eigenvalue weighted by Crippen LogP contribution is 2.43. The van der Waals surface area contributed by atoms with Crippen molar-refractivity contribution in [3.05, 3.63) is 107 Å². The molecule has 0 aliphatic carbocycles. The van der Waals surface area contributed by atoms with Gasteiger partial charge in [0.2, 0.25) is 5.91 Å². The van der Waals surface area contributed by atoms with Crippen LogP contribution in [0.3, 0.4) is 0 Å². The van der Waals surface area contributed by atoms with Gasteiger partial charge in [-0.2, -0.15) is 0 Å². The number of rotatable bonds is 5. The first-order valence-corrected chi connectivity index (χ1v) is 10.9. The maximum Gasteiger partial charge on any atom is 0.227 e. The molecule has 3 heterocycles. The zero-order chi connectivity index (χ0) is 23.0. The SMILES string of the molecule is CCN1C(=O)CC(c2cccnc2)c2cc(C(N)(c3cccc(O)c3)c3cnc[nH]3)ccc21. The van der Waals surface area contributed by atoms with E-state index in [1.54, 1.807) is 36.9 Å². The lowest BCUT2D eigenvalue weighted by atomic mass is 9.77. The molecule has 0 saturated heterocycles. The molecule has 1 aliphatic rings. The van der Waals surface area contributed by atoms with Crippen LogP contribution in [0.25, 0.3) is 0 Å². The molecule has 4 N–H and O–H groups in total. The number of nitrogens with zero attached hydrogens (tertiary/aromatic N) is 3. The zero-order valence-electron chi connectivity index (χ0n) is 18.3. The number of carbonyl (C=O) groups is 1. The fraction of sp³-hybridized carbons (Fsp3) is 0.192. The van der Waals surface area contributed by atoms with E-state index >= 15 is 0 Å². The van der Waals surface area contributed by atoms with Crippen LogP contribution < -0.4 is 10.6 Å². The van der Waals surface area contributed by atoms with Crippen LogP contribution >= 0.6 is 0 Å².